The summed E-state index contributed by atoms with van der Waals surface area (Å²) in [7, 11) is 1.39. The summed E-state index contributed by atoms with van der Waals surface area (Å²) in [5.41, 5.74) is 3.70. The lowest BCUT2D eigenvalue weighted by Gasteiger charge is -2.16. The summed E-state index contributed by atoms with van der Waals surface area (Å²) in [5.74, 6) is 0.0218. The molecule has 0 saturated heterocycles. The molecular weight excluding hydrogens is 398 g/mol. The van der Waals surface area contributed by atoms with Crippen molar-refractivity contribution in [1.82, 2.24) is 25.2 Å². The van der Waals surface area contributed by atoms with E-state index in [-0.39, 0.29) is 6.04 Å². The molecule has 152 valence electrons. The molecule has 30 heavy (non-hydrogen) atoms. The Morgan fingerprint density at radius 1 is 1.10 bits per heavy atom. The summed E-state index contributed by atoms with van der Waals surface area (Å²) in [6.07, 6.45) is 0. The molecule has 4 aromatic rings. The third kappa shape index (κ3) is 3.78. The van der Waals surface area contributed by atoms with Crippen LogP contribution in [-0.2, 0) is 10.5 Å². The summed E-state index contributed by atoms with van der Waals surface area (Å²) in [4.78, 5) is 17.7. The number of rotatable bonds is 6. The zero-order valence-corrected chi connectivity index (χ0v) is 17.8. The second kappa shape index (κ2) is 8.62. The predicted octanol–water partition coefficient (Wildman–Crippen LogP) is 4.55. The number of hydrogen-bond acceptors (Lipinski definition) is 7. The molecule has 2 aromatic heterocycles. The molecule has 2 heterocycles. The molecule has 0 saturated carbocycles. The minimum atomic E-state index is -0.411. The first-order valence-electron chi connectivity index (χ1n) is 9.56. The van der Waals surface area contributed by atoms with Crippen molar-refractivity contribution in [2.75, 3.05) is 7.11 Å². The Labute approximate surface area is 178 Å². The van der Waals surface area contributed by atoms with Crippen LogP contribution in [0.3, 0.4) is 0 Å². The number of pyridine rings is 1. The summed E-state index contributed by atoms with van der Waals surface area (Å²) < 4.78 is 6.90. The molecule has 0 aliphatic carbocycles. The van der Waals surface area contributed by atoms with E-state index in [1.54, 1.807) is 4.68 Å². The molecule has 0 atom stereocenters. The van der Waals surface area contributed by atoms with Crippen molar-refractivity contribution in [3.63, 3.8) is 0 Å². The van der Waals surface area contributed by atoms with E-state index < -0.39 is 5.97 Å². The molecule has 0 fully saturated rings. The lowest BCUT2D eigenvalue weighted by molar-refractivity contribution is 0.0600. The van der Waals surface area contributed by atoms with Gasteiger partial charge in [0.05, 0.1) is 29.9 Å². The van der Waals surface area contributed by atoms with Gasteiger partial charge in [0.1, 0.15) is 0 Å². The van der Waals surface area contributed by atoms with Crippen LogP contribution in [0.25, 0.3) is 22.0 Å². The Hall–Kier alpha value is -3.26. The van der Waals surface area contributed by atoms with Gasteiger partial charge in [-0.2, -0.15) is 0 Å². The van der Waals surface area contributed by atoms with Crippen molar-refractivity contribution >= 4 is 28.6 Å². The number of hydrogen-bond donors (Lipinski definition) is 0. The smallest absolute Gasteiger partial charge is 0.340 e. The van der Waals surface area contributed by atoms with E-state index >= 15 is 0 Å². The Balaban J connectivity index is 1.88. The second-order valence-electron chi connectivity index (χ2n) is 6.97. The lowest BCUT2D eigenvalue weighted by atomic mass is 9.94. The molecule has 0 radical (unpaired) electrons. The molecule has 0 spiro atoms. The quantitative estimate of drug-likeness (QED) is 0.335. The number of tetrazole rings is 1. The van der Waals surface area contributed by atoms with Gasteiger partial charge in [-0.3, -0.25) is 4.98 Å². The predicted molar refractivity (Wildman–Crippen MR) is 116 cm³/mol. The molecule has 4 rings (SSSR count). The first kappa shape index (κ1) is 20.0. The highest BCUT2D eigenvalue weighted by atomic mass is 32.2. The number of ether oxygens (including phenoxy) is 1. The van der Waals surface area contributed by atoms with Crippen LogP contribution in [0.5, 0.6) is 0 Å². The zero-order chi connectivity index (χ0) is 21.1. The SMILES string of the molecule is COC(=O)c1c(CSc2nnnn2C(C)C)nc2ccccc2c1-c1ccccc1. The fourth-order valence-electron chi connectivity index (χ4n) is 3.33. The van der Waals surface area contributed by atoms with E-state index in [0.717, 1.165) is 22.0 Å². The Morgan fingerprint density at radius 3 is 2.57 bits per heavy atom. The third-order valence-corrected chi connectivity index (χ3v) is 5.65. The number of carbonyl (C=O) groups is 1. The van der Waals surface area contributed by atoms with Crippen molar-refractivity contribution in [1.29, 1.82) is 0 Å². The monoisotopic (exact) mass is 419 g/mol. The van der Waals surface area contributed by atoms with Gasteiger partial charge in [0, 0.05) is 16.7 Å². The minimum absolute atomic E-state index is 0.131. The fourth-order valence-corrected chi connectivity index (χ4v) is 4.28. The maximum atomic E-state index is 12.9. The maximum absolute atomic E-state index is 12.9. The van der Waals surface area contributed by atoms with Gasteiger partial charge in [0.2, 0.25) is 5.16 Å². The molecule has 0 aliphatic rings. The van der Waals surface area contributed by atoms with E-state index in [0.29, 0.717) is 22.2 Å². The maximum Gasteiger partial charge on any atom is 0.340 e. The Kier molecular flexibility index (Phi) is 5.76. The Morgan fingerprint density at radius 2 is 1.83 bits per heavy atom. The van der Waals surface area contributed by atoms with E-state index in [1.165, 1.54) is 18.9 Å². The van der Waals surface area contributed by atoms with E-state index in [2.05, 4.69) is 15.5 Å². The van der Waals surface area contributed by atoms with Crippen LogP contribution in [0.15, 0.2) is 59.8 Å². The highest BCUT2D eigenvalue weighted by Gasteiger charge is 2.23. The average molecular weight is 420 g/mol. The Bertz CT molecular complexity index is 1190. The first-order chi connectivity index (χ1) is 14.6. The van der Waals surface area contributed by atoms with Crippen LogP contribution in [0.1, 0.15) is 35.9 Å². The number of benzene rings is 2. The molecule has 7 nitrogen and oxygen atoms in total. The van der Waals surface area contributed by atoms with Crippen LogP contribution in [0, 0.1) is 0 Å². The van der Waals surface area contributed by atoms with Crippen molar-refractivity contribution in [2.24, 2.45) is 0 Å². The normalized spacial score (nSPS) is 11.2. The highest BCUT2D eigenvalue weighted by Crippen LogP contribution is 2.35. The van der Waals surface area contributed by atoms with Gasteiger partial charge in [0.25, 0.3) is 0 Å². The average Bonchev–Trinajstić information content (AvgIpc) is 3.25. The number of para-hydroxylation sites is 1. The van der Waals surface area contributed by atoms with Crippen molar-refractivity contribution in [2.45, 2.75) is 30.8 Å². The molecule has 0 aliphatic heterocycles. The van der Waals surface area contributed by atoms with Crippen LogP contribution >= 0.6 is 11.8 Å². The molecule has 0 unspecified atom stereocenters. The molecule has 8 heteroatoms. The van der Waals surface area contributed by atoms with Crippen LogP contribution < -0.4 is 0 Å². The molecule has 0 N–H and O–H groups in total. The first-order valence-corrected chi connectivity index (χ1v) is 10.5. The zero-order valence-electron chi connectivity index (χ0n) is 16.9. The van der Waals surface area contributed by atoms with Crippen molar-refractivity contribution in [3.05, 3.63) is 65.9 Å². The summed E-state index contributed by atoms with van der Waals surface area (Å²) >= 11 is 1.45. The fraction of sp³-hybridized carbons (Fsp3) is 0.227. The van der Waals surface area contributed by atoms with Gasteiger partial charge in [-0.05, 0) is 35.9 Å². The molecular formula is C22H21N5O2S. The minimum Gasteiger partial charge on any atom is -0.465 e. The number of aromatic nitrogens is 5. The standard InChI is InChI=1S/C22H21N5O2S/c1-14(2)27-22(24-25-26-27)30-13-18-20(21(28)29-3)19(15-9-5-4-6-10-15)16-11-7-8-12-17(16)23-18/h4-12,14H,13H2,1-3H3. The third-order valence-electron chi connectivity index (χ3n) is 4.71. The lowest BCUT2D eigenvalue weighted by Crippen LogP contribution is -2.11. The van der Waals surface area contributed by atoms with E-state index in [9.17, 15) is 4.79 Å². The largest absolute Gasteiger partial charge is 0.465 e. The highest BCUT2D eigenvalue weighted by molar-refractivity contribution is 7.98. The van der Waals surface area contributed by atoms with Crippen molar-refractivity contribution < 1.29 is 9.53 Å². The van der Waals surface area contributed by atoms with Gasteiger partial charge in [-0.1, -0.05) is 60.3 Å². The van der Waals surface area contributed by atoms with Gasteiger partial charge in [0.15, 0.2) is 0 Å². The van der Waals surface area contributed by atoms with E-state index in [4.69, 9.17) is 9.72 Å². The van der Waals surface area contributed by atoms with Crippen molar-refractivity contribution in [3.8, 4) is 11.1 Å². The number of carbonyl (C=O) groups excluding carboxylic acids is 1. The molecule has 2 aromatic carbocycles. The number of fused-ring (bicyclic) bond motifs is 1. The number of esters is 1. The van der Waals surface area contributed by atoms with Crippen LogP contribution in [0.4, 0.5) is 0 Å². The summed E-state index contributed by atoms with van der Waals surface area (Å²) in [6, 6.07) is 17.8. The second-order valence-corrected chi connectivity index (χ2v) is 7.91. The topological polar surface area (TPSA) is 82.8 Å². The number of nitrogens with zero attached hydrogens (tertiary/aromatic N) is 5. The van der Waals surface area contributed by atoms with Crippen LogP contribution in [0.2, 0.25) is 0 Å². The number of methoxy groups -OCH3 is 1. The molecule has 0 amide bonds. The summed E-state index contributed by atoms with van der Waals surface area (Å²) in [6.45, 7) is 4.03. The van der Waals surface area contributed by atoms with Gasteiger partial charge < -0.3 is 4.74 Å². The number of thioether (sulfide) groups is 1. The summed E-state index contributed by atoms with van der Waals surface area (Å²) in [5, 5.41) is 13.5. The molecule has 0 bridgehead atoms. The van der Waals surface area contributed by atoms with Gasteiger partial charge in [-0.15, -0.1) is 5.10 Å². The van der Waals surface area contributed by atoms with Gasteiger partial charge in [-0.25, -0.2) is 9.48 Å². The van der Waals surface area contributed by atoms with Crippen LogP contribution in [-0.4, -0.2) is 38.3 Å². The van der Waals surface area contributed by atoms with Gasteiger partial charge >= 0.3 is 5.97 Å². The van der Waals surface area contributed by atoms with E-state index in [1.807, 2.05) is 68.4 Å².